The van der Waals surface area contributed by atoms with Crippen LogP contribution in [0.25, 0.3) is 0 Å². The van der Waals surface area contributed by atoms with E-state index in [2.05, 4.69) is 15.9 Å². The number of hydrogen-bond acceptors (Lipinski definition) is 2. The second-order valence-corrected chi connectivity index (χ2v) is 4.62. The zero-order valence-electron chi connectivity index (χ0n) is 9.31. The van der Waals surface area contributed by atoms with Gasteiger partial charge in [0.15, 0.2) is 0 Å². The van der Waals surface area contributed by atoms with Crippen molar-refractivity contribution < 1.29 is 9.53 Å². The summed E-state index contributed by atoms with van der Waals surface area (Å²) in [4.78, 5) is 10.6. The van der Waals surface area contributed by atoms with Crippen LogP contribution >= 0.6 is 15.9 Å². The normalized spacial score (nSPS) is 10.0. The van der Waals surface area contributed by atoms with Crippen LogP contribution in [0, 0.1) is 6.92 Å². The molecule has 3 heteroatoms. The number of benzene rings is 2. The minimum Gasteiger partial charge on any atom is -0.457 e. The molecule has 0 saturated carbocycles. The van der Waals surface area contributed by atoms with Crippen molar-refractivity contribution in [3.8, 4) is 11.5 Å². The van der Waals surface area contributed by atoms with Gasteiger partial charge in [0.05, 0.1) is 0 Å². The van der Waals surface area contributed by atoms with E-state index in [0.717, 1.165) is 27.8 Å². The van der Waals surface area contributed by atoms with Crippen LogP contribution in [0.15, 0.2) is 46.9 Å². The maximum Gasteiger partial charge on any atom is 0.150 e. The number of rotatable bonds is 3. The van der Waals surface area contributed by atoms with Gasteiger partial charge in [-0.1, -0.05) is 22.0 Å². The largest absolute Gasteiger partial charge is 0.457 e. The molecule has 0 N–H and O–H groups in total. The fraction of sp³-hybridized carbons (Fsp3) is 0.0714. The van der Waals surface area contributed by atoms with Gasteiger partial charge in [-0.05, 0) is 48.9 Å². The first kappa shape index (κ1) is 11.9. The molecule has 2 rings (SSSR count). The summed E-state index contributed by atoms with van der Waals surface area (Å²) in [6.07, 6.45) is 0.829. The smallest absolute Gasteiger partial charge is 0.150 e. The van der Waals surface area contributed by atoms with Gasteiger partial charge in [-0.15, -0.1) is 0 Å². The Morgan fingerprint density at radius 2 is 2.00 bits per heavy atom. The van der Waals surface area contributed by atoms with E-state index in [0.29, 0.717) is 5.56 Å². The molecule has 2 nitrogen and oxygen atoms in total. The average Bonchev–Trinajstić information content (AvgIpc) is 2.32. The summed E-state index contributed by atoms with van der Waals surface area (Å²) in [7, 11) is 0. The van der Waals surface area contributed by atoms with Crippen molar-refractivity contribution in [1.82, 2.24) is 0 Å². The van der Waals surface area contributed by atoms with Crippen molar-refractivity contribution in [2.75, 3.05) is 0 Å². The Kier molecular flexibility index (Phi) is 3.59. The average molecular weight is 291 g/mol. The quantitative estimate of drug-likeness (QED) is 0.785. The van der Waals surface area contributed by atoms with Crippen LogP contribution in [0.2, 0.25) is 0 Å². The Morgan fingerprint density at radius 3 is 2.65 bits per heavy atom. The van der Waals surface area contributed by atoms with Crippen LogP contribution in [0.4, 0.5) is 0 Å². The van der Waals surface area contributed by atoms with E-state index in [1.165, 1.54) is 0 Å². The Labute approximate surface area is 108 Å². The minimum atomic E-state index is 0.657. The van der Waals surface area contributed by atoms with Crippen molar-refractivity contribution >= 4 is 22.2 Å². The highest BCUT2D eigenvalue weighted by molar-refractivity contribution is 9.10. The first-order valence-corrected chi connectivity index (χ1v) is 5.97. The summed E-state index contributed by atoms with van der Waals surface area (Å²) >= 11 is 3.39. The molecule has 0 spiro atoms. The molecule has 0 atom stereocenters. The van der Waals surface area contributed by atoms with Gasteiger partial charge in [0.1, 0.15) is 17.8 Å². The number of aryl methyl sites for hydroxylation is 1. The van der Waals surface area contributed by atoms with Gasteiger partial charge >= 0.3 is 0 Å². The fourth-order valence-corrected chi connectivity index (χ4v) is 1.90. The molecule has 2 aromatic rings. The van der Waals surface area contributed by atoms with E-state index < -0.39 is 0 Å². The topological polar surface area (TPSA) is 26.3 Å². The Morgan fingerprint density at radius 1 is 1.18 bits per heavy atom. The summed E-state index contributed by atoms with van der Waals surface area (Å²) in [5.74, 6) is 1.52. The van der Waals surface area contributed by atoms with Gasteiger partial charge in [-0.3, -0.25) is 4.79 Å². The van der Waals surface area contributed by atoms with Gasteiger partial charge in [-0.2, -0.15) is 0 Å². The van der Waals surface area contributed by atoms with Crippen molar-refractivity contribution in [3.05, 3.63) is 58.1 Å². The predicted octanol–water partition coefficient (Wildman–Crippen LogP) is 4.36. The minimum absolute atomic E-state index is 0.657. The molecule has 0 aliphatic heterocycles. The van der Waals surface area contributed by atoms with E-state index in [-0.39, 0.29) is 0 Å². The van der Waals surface area contributed by atoms with Gasteiger partial charge < -0.3 is 4.74 Å². The molecule has 0 saturated heterocycles. The zero-order chi connectivity index (χ0) is 12.3. The van der Waals surface area contributed by atoms with E-state index >= 15 is 0 Å². The molecular formula is C14H11BrO2. The molecular weight excluding hydrogens is 280 g/mol. The summed E-state index contributed by atoms with van der Waals surface area (Å²) < 4.78 is 6.71. The second-order valence-electron chi connectivity index (χ2n) is 3.70. The van der Waals surface area contributed by atoms with Crippen LogP contribution in [0.3, 0.4) is 0 Å². The molecule has 0 heterocycles. The fourth-order valence-electron chi connectivity index (χ4n) is 1.52. The van der Waals surface area contributed by atoms with Crippen molar-refractivity contribution in [1.29, 1.82) is 0 Å². The van der Waals surface area contributed by atoms with Gasteiger partial charge in [0.2, 0.25) is 0 Å². The Balaban J connectivity index is 2.27. The monoisotopic (exact) mass is 290 g/mol. The standard InChI is InChI=1S/C14H11BrO2/c1-10-7-11(9-16)5-6-14(10)17-13-4-2-3-12(15)8-13/h2-9H,1H3. The first-order chi connectivity index (χ1) is 8.19. The molecule has 17 heavy (non-hydrogen) atoms. The third kappa shape index (κ3) is 2.94. The highest BCUT2D eigenvalue weighted by Gasteiger charge is 2.02. The molecule has 86 valence electrons. The van der Waals surface area contributed by atoms with Gasteiger partial charge in [-0.25, -0.2) is 0 Å². The maximum absolute atomic E-state index is 10.6. The number of ether oxygens (including phenoxy) is 1. The molecule has 0 unspecified atom stereocenters. The zero-order valence-corrected chi connectivity index (χ0v) is 10.9. The highest BCUT2D eigenvalue weighted by Crippen LogP contribution is 2.27. The van der Waals surface area contributed by atoms with Crippen LogP contribution in [-0.2, 0) is 0 Å². The summed E-state index contributed by atoms with van der Waals surface area (Å²) in [5.41, 5.74) is 1.60. The number of carbonyl (C=O) groups is 1. The molecule has 0 radical (unpaired) electrons. The molecule has 0 bridgehead atoms. The predicted molar refractivity (Wildman–Crippen MR) is 70.8 cm³/mol. The third-order valence-electron chi connectivity index (χ3n) is 2.36. The molecule has 0 aromatic heterocycles. The molecule has 0 aliphatic rings. The molecule has 0 fully saturated rings. The maximum atomic E-state index is 10.6. The van der Waals surface area contributed by atoms with Gasteiger partial charge in [0.25, 0.3) is 0 Å². The lowest BCUT2D eigenvalue weighted by atomic mass is 10.1. The number of halogens is 1. The summed E-state index contributed by atoms with van der Waals surface area (Å²) in [5, 5.41) is 0. The number of carbonyl (C=O) groups excluding carboxylic acids is 1. The van der Waals surface area contributed by atoms with E-state index in [1.807, 2.05) is 31.2 Å². The lowest BCUT2D eigenvalue weighted by Gasteiger charge is -2.09. The van der Waals surface area contributed by atoms with E-state index in [9.17, 15) is 4.79 Å². The first-order valence-electron chi connectivity index (χ1n) is 5.18. The van der Waals surface area contributed by atoms with Crippen LogP contribution in [0.1, 0.15) is 15.9 Å². The SMILES string of the molecule is Cc1cc(C=O)ccc1Oc1cccc(Br)c1. The van der Waals surface area contributed by atoms with Crippen LogP contribution in [0.5, 0.6) is 11.5 Å². The number of hydrogen-bond donors (Lipinski definition) is 0. The third-order valence-corrected chi connectivity index (χ3v) is 2.85. The lowest BCUT2D eigenvalue weighted by Crippen LogP contribution is -1.89. The Bertz CT molecular complexity index is 550. The van der Waals surface area contributed by atoms with Gasteiger partial charge in [0, 0.05) is 10.0 Å². The van der Waals surface area contributed by atoms with Crippen LogP contribution < -0.4 is 4.74 Å². The molecule has 0 amide bonds. The molecule has 2 aromatic carbocycles. The summed E-state index contributed by atoms with van der Waals surface area (Å²) in [6, 6.07) is 13.0. The van der Waals surface area contributed by atoms with Crippen LogP contribution in [-0.4, -0.2) is 6.29 Å². The second kappa shape index (κ2) is 5.15. The van der Waals surface area contributed by atoms with Crippen molar-refractivity contribution in [2.45, 2.75) is 6.92 Å². The summed E-state index contributed by atoms with van der Waals surface area (Å²) in [6.45, 7) is 1.92. The van der Waals surface area contributed by atoms with Crippen molar-refractivity contribution in [3.63, 3.8) is 0 Å². The highest BCUT2D eigenvalue weighted by atomic mass is 79.9. The van der Waals surface area contributed by atoms with E-state index in [4.69, 9.17) is 4.74 Å². The van der Waals surface area contributed by atoms with Crippen molar-refractivity contribution in [2.24, 2.45) is 0 Å². The van der Waals surface area contributed by atoms with E-state index in [1.54, 1.807) is 18.2 Å². The lowest BCUT2D eigenvalue weighted by molar-refractivity contribution is 0.112. The molecule has 0 aliphatic carbocycles. The Hall–Kier alpha value is -1.61. The number of aldehydes is 1.